The zero-order valence-electron chi connectivity index (χ0n) is 18.4. The number of nitrogens with one attached hydrogen (secondary N) is 2. The maximum absolute atomic E-state index is 12.5. The number of oxazole rings is 1. The molecule has 0 aliphatic carbocycles. The highest BCUT2D eigenvalue weighted by atomic mass is 79.9. The molecule has 2 heterocycles. The van der Waals surface area contributed by atoms with Crippen molar-refractivity contribution in [2.45, 2.75) is 0 Å². The van der Waals surface area contributed by atoms with Gasteiger partial charge in [-0.25, -0.2) is 4.98 Å². The third kappa shape index (κ3) is 5.11. The van der Waals surface area contributed by atoms with Gasteiger partial charge in [-0.2, -0.15) is 0 Å². The van der Waals surface area contributed by atoms with Gasteiger partial charge in [-0.3, -0.25) is 10.1 Å². The standard InChI is InChI=1S/C26H18BrN3O4S/c1-32-19-10-11-22-20(14-19)29-25(34-22)16-4-8-18(9-5-16)28-26(35)30-24(31)23-13-12-21(33-23)15-2-6-17(27)7-3-15/h2-14H,1H3,(H2,28,30,31,35). The molecule has 0 saturated heterocycles. The second kappa shape index (κ2) is 9.73. The zero-order valence-corrected chi connectivity index (χ0v) is 20.8. The molecule has 2 aromatic heterocycles. The van der Waals surface area contributed by atoms with E-state index in [2.05, 4.69) is 31.5 Å². The summed E-state index contributed by atoms with van der Waals surface area (Å²) in [5.74, 6) is 1.52. The first-order valence-corrected chi connectivity index (χ1v) is 11.7. The number of ether oxygens (including phenoxy) is 1. The fraction of sp³-hybridized carbons (Fsp3) is 0.0385. The van der Waals surface area contributed by atoms with Crippen LogP contribution in [-0.2, 0) is 0 Å². The Hall–Kier alpha value is -3.95. The predicted molar refractivity (Wildman–Crippen MR) is 142 cm³/mol. The van der Waals surface area contributed by atoms with Crippen molar-refractivity contribution in [2.75, 3.05) is 12.4 Å². The van der Waals surface area contributed by atoms with Crippen molar-refractivity contribution in [2.24, 2.45) is 0 Å². The first-order chi connectivity index (χ1) is 17.0. The van der Waals surface area contributed by atoms with Crippen molar-refractivity contribution in [3.05, 3.63) is 89.1 Å². The van der Waals surface area contributed by atoms with Gasteiger partial charge in [-0.15, -0.1) is 0 Å². The number of carbonyl (C=O) groups excluding carboxylic acids is 1. The van der Waals surface area contributed by atoms with Gasteiger partial charge in [0.1, 0.15) is 17.0 Å². The smallest absolute Gasteiger partial charge is 0.293 e. The molecule has 0 fully saturated rings. The Bertz CT molecular complexity index is 1520. The number of halogens is 1. The predicted octanol–water partition coefficient (Wildman–Crippen LogP) is 6.65. The maximum atomic E-state index is 12.5. The monoisotopic (exact) mass is 547 g/mol. The number of fused-ring (bicyclic) bond motifs is 1. The van der Waals surface area contributed by atoms with Crippen molar-refractivity contribution >= 4 is 56.0 Å². The highest BCUT2D eigenvalue weighted by Gasteiger charge is 2.14. The maximum Gasteiger partial charge on any atom is 0.293 e. The first-order valence-electron chi connectivity index (χ1n) is 10.5. The third-order valence-electron chi connectivity index (χ3n) is 5.17. The molecule has 35 heavy (non-hydrogen) atoms. The Labute approximate surface area is 214 Å². The molecule has 174 valence electrons. The fourth-order valence-electron chi connectivity index (χ4n) is 3.41. The van der Waals surface area contributed by atoms with E-state index in [1.54, 1.807) is 19.2 Å². The Morgan fingerprint density at radius 1 is 0.943 bits per heavy atom. The van der Waals surface area contributed by atoms with E-state index in [1.165, 1.54) is 0 Å². The summed E-state index contributed by atoms with van der Waals surface area (Å²) in [4.78, 5) is 17.1. The lowest BCUT2D eigenvalue weighted by molar-refractivity contribution is 0.0951. The molecule has 0 bridgehead atoms. The Balaban J connectivity index is 1.22. The van der Waals surface area contributed by atoms with Gasteiger partial charge in [0, 0.05) is 27.4 Å². The number of amides is 1. The Morgan fingerprint density at radius 2 is 1.69 bits per heavy atom. The summed E-state index contributed by atoms with van der Waals surface area (Å²) in [6.45, 7) is 0. The fourth-order valence-corrected chi connectivity index (χ4v) is 3.88. The van der Waals surface area contributed by atoms with Crippen LogP contribution in [0.5, 0.6) is 5.75 Å². The largest absolute Gasteiger partial charge is 0.497 e. The summed E-state index contributed by atoms with van der Waals surface area (Å²) < 4.78 is 17.7. The van der Waals surface area contributed by atoms with Gasteiger partial charge in [-0.1, -0.05) is 28.1 Å². The van der Waals surface area contributed by atoms with Crippen molar-refractivity contribution in [3.8, 4) is 28.5 Å². The van der Waals surface area contributed by atoms with Crippen molar-refractivity contribution < 1.29 is 18.4 Å². The van der Waals surface area contributed by atoms with E-state index in [4.69, 9.17) is 25.8 Å². The van der Waals surface area contributed by atoms with Crippen molar-refractivity contribution in [1.29, 1.82) is 0 Å². The van der Waals surface area contributed by atoms with Crippen molar-refractivity contribution in [1.82, 2.24) is 10.3 Å². The second-order valence-corrected chi connectivity index (χ2v) is 8.83. The first kappa shape index (κ1) is 22.8. The van der Waals surface area contributed by atoms with E-state index in [0.717, 1.165) is 15.6 Å². The number of aromatic nitrogens is 1. The highest BCUT2D eigenvalue weighted by molar-refractivity contribution is 9.10. The number of carbonyl (C=O) groups is 1. The van der Waals surface area contributed by atoms with Crippen LogP contribution in [0.3, 0.4) is 0 Å². The lowest BCUT2D eigenvalue weighted by atomic mass is 10.2. The topological polar surface area (TPSA) is 89.5 Å². The molecule has 0 unspecified atom stereocenters. The average molecular weight is 548 g/mol. The van der Waals surface area contributed by atoms with Crippen LogP contribution in [0, 0.1) is 0 Å². The number of methoxy groups -OCH3 is 1. The van der Waals surface area contributed by atoms with Crippen LogP contribution in [0.1, 0.15) is 10.6 Å². The molecule has 7 nitrogen and oxygen atoms in total. The number of rotatable bonds is 5. The van der Waals surface area contributed by atoms with Gasteiger partial charge in [-0.05, 0) is 72.9 Å². The SMILES string of the molecule is COc1ccc2oc(-c3ccc(NC(=S)NC(=O)c4ccc(-c5ccc(Br)cc5)o4)cc3)nc2c1. The van der Waals surface area contributed by atoms with Gasteiger partial charge in [0.05, 0.1) is 7.11 Å². The molecule has 3 aromatic carbocycles. The molecule has 0 spiro atoms. The molecule has 0 aliphatic heterocycles. The van der Waals surface area contributed by atoms with Crippen LogP contribution in [0.4, 0.5) is 5.69 Å². The Kier molecular flexibility index (Phi) is 6.35. The number of hydrogen-bond donors (Lipinski definition) is 2. The quantitative estimate of drug-likeness (QED) is 0.238. The van der Waals surface area contributed by atoms with Crippen LogP contribution in [-0.4, -0.2) is 23.1 Å². The Morgan fingerprint density at radius 3 is 2.43 bits per heavy atom. The van der Waals surface area contributed by atoms with Crippen LogP contribution in [0.15, 0.2) is 92.2 Å². The van der Waals surface area contributed by atoms with Gasteiger partial charge in [0.15, 0.2) is 16.5 Å². The van der Waals surface area contributed by atoms with E-state index in [-0.39, 0.29) is 10.9 Å². The summed E-state index contributed by atoms with van der Waals surface area (Å²) in [7, 11) is 1.61. The molecule has 0 atom stereocenters. The molecule has 5 rings (SSSR count). The third-order valence-corrected chi connectivity index (χ3v) is 5.90. The summed E-state index contributed by atoms with van der Waals surface area (Å²) in [6, 6.07) is 23.8. The van der Waals surface area contributed by atoms with E-state index in [0.29, 0.717) is 34.2 Å². The van der Waals surface area contributed by atoms with Gasteiger partial charge < -0.3 is 18.9 Å². The number of nitrogens with zero attached hydrogens (tertiary/aromatic N) is 1. The summed E-state index contributed by atoms with van der Waals surface area (Å²) in [5.41, 5.74) is 3.76. The molecule has 9 heteroatoms. The number of anilines is 1. The number of hydrogen-bond acceptors (Lipinski definition) is 6. The number of thiocarbonyl (C=S) groups is 1. The molecule has 1 amide bonds. The minimum absolute atomic E-state index is 0.151. The average Bonchev–Trinajstić information content (AvgIpc) is 3.52. The van der Waals surface area contributed by atoms with Gasteiger partial charge in [0.2, 0.25) is 5.89 Å². The molecular weight excluding hydrogens is 530 g/mol. The molecular formula is C26H18BrN3O4S. The van der Waals surface area contributed by atoms with E-state index in [1.807, 2.05) is 66.7 Å². The molecule has 2 N–H and O–H groups in total. The minimum atomic E-state index is -0.440. The van der Waals surface area contributed by atoms with E-state index < -0.39 is 5.91 Å². The summed E-state index contributed by atoms with van der Waals surface area (Å²) >= 11 is 8.69. The molecule has 0 saturated carbocycles. The number of benzene rings is 3. The number of furan rings is 1. The van der Waals surface area contributed by atoms with E-state index >= 15 is 0 Å². The molecule has 5 aromatic rings. The van der Waals surface area contributed by atoms with Gasteiger partial charge in [0.25, 0.3) is 5.91 Å². The van der Waals surface area contributed by atoms with Crippen molar-refractivity contribution in [3.63, 3.8) is 0 Å². The van der Waals surface area contributed by atoms with Crippen LogP contribution >= 0.6 is 28.1 Å². The highest BCUT2D eigenvalue weighted by Crippen LogP contribution is 2.28. The van der Waals surface area contributed by atoms with E-state index in [9.17, 15) is 4.79 Å². The summed E-state index contributed by atoms with van der Waals surface area (Å²) in [5, 5.41) is 5.77. The minimum Gasteiger partial charge on any atom is -0.497 e. The normalized spacial score (nSPS) is 10.8. The molecule has 0 aliphatic rings. The molecule has 0 radical (unpaired) electrons. The van der Waals surface area contributed by atoms with Gasteiger partial charge >= 0.3 is 0 Å². The second-order valence-electron chi connectivity index (χ2n) is 7.51. The zero-order chi connectivity index (χ0) is 24.4. The van der Waals surface area contributed by atoms with Crippen LogP contribution < -0.4 is 15.4 Å². The lowest BCUT2D eigenvalue weighted by Gasteiger charge is -2.09. The van der Waals surface area contributed by atoms with Crippen LogP contribution in [0.25, 0.3) is 33.9 Å². The van der Waals surface area contributed by atoms with Crippen LogP contribution in [0.2, 0.25) is 0 Å². The summed E-state index contributed by atoms with van der Waals surface area (Å²) in [6.07, 6.45) is 0. The lowest BCUT2D eigenvalue weighted by Crippen LogP contribution is -2.33.